The molecular weight excluding hydrogens is 222 g/mol. The van der Waals surface area contributed by atoms with Gasteiger partial charge >= 0.3 is 0 Å². The molecule has 0 saturated heterocycles. The van der Waals surface area contributed by atoms with Gasteiger partial charge in [-0.25, -0.2) is 0 Å². The molecule has 1 atom stereocenters. The van der Waals surface area contributed by atoms with Gasteiger partial charge in [0.2, 0.25) is 0 Å². The van der Waals surface area contributed by atoms with Crippen LogP contribution in [0.3, 0.4) is 0 Å². The minimum Gasteiger partial charge on any atom is -0.392 e. The quantitative estimate of drug-likeness (QED) is 0.757. The lowest BCUT2D eigenvalue weighted by Crippen LogP contribution is -2.34. The Bertz CT molecular complexity index is 264. The smallest absolute Gasteiger partial charge is 0.0664 e. The van der Waals surface area contributed by atoms with E-state index < -0.39 is 0 Å². The van der Waals surface area contributed by atoms with Crippen LogP contribution in [0, 0.1) is 0 Å². The topological polar surface area (TPSA) is 32.7 Å². The SMILES string of the molecule is CC[C@H](O)CN(CCOC)Cc1ccsc1. The molecule has 0 aliphatic carbocycles. The average molecular weight is 243 g/mol. The third kappa shape index (κ3) is 5.07. The van der Waals surface area contributed by atoms with E-state index in [4.69, 9.17) is 4.74 Å². The molecular formula is C12H21NO2S. The normalized spacial score (nSPS) is 13.2. The van der Waals surface area contributed by atoms with E-state index in [2.05, 4.69) is 21.7 Å². The van der Waals surface area contributed by atoms with Crippen molar-refractivity contribution in [2.75, 3.05) is 26.8 Å². The van der Waals surface area contributed by atoms with Crippen molar-refractivity contribution in [1.82, 2.24) is 4.90 Å². The lowest BCUT2D eigenvalue weighted by molar-refractivity contribution is 0.0831. The van der Waals surface area contributed by atoms with Crippen LogP contribution in [0.5, 0.6) is 0 Å². The van der Waals surface area contributed by atoms with Gasteiger partial charge in [0.25, 0.3) is 0 Å². The summed E-state index contributed by atoms with van der Waals surface area (Å²) in [7, 11) is 1.71. The Hall–Kier alpha value is -0.420. The molecule has 0 bridgehead atoms. The molecule has 16 heavy (non-hydrogen) atoms. The van der Waals surface area contributed by atoms with Crippen molar-refractivity contribution in [2.45, 2.75) is 26.0 Å². The van der Waals surface area contributed by atoms with Crippen LogP contribution in [0.1, 0.15) is 18.9 Å². The standard InChI is InChI=1S/C12H21NO2S/c1-3-12(14)9-13(5-6-15-2)8-11-4-7-16-10-11/h4,7,10,12,14H,3,5-6,8-9H2,1-2H3/t12-/m0/s1. The zero-order valence-corrected chi connectivity index (χ0v) is 10.9. The monoisotopic (exact) mass is 243 g/mol. The third-order valence-corrected chi connectivity index (χ3v) is 3.27. The number of nitrogens with zero attached hydrogens (tertiary/aromatic N) is 1. The van der Waals surface area contributed by atoms with Crippen molar-refractivity contribution in [3.63, 3.8) is 0 Å². The number of aliphatic hydroxyl groups excluding tert-OH is 1. The fraction of sp³-hybridized carbons (Fsp3) is 0.667. The number of ether oxygens (including phenoxy) is 1. The number of methoxy groups -OCH3 is 1. The largest absolute Gasteiger partial charge is 0.392 e. The maximum Gasteiger partial charge on any atom is 0.0664 e. The van der Waals surface area contributed by atoms with Crippen LogP contribution in [-0.2, 0) is 11.3 Å². The molecule has 0 saturated carbocycles. The minimum absolute atomic E-state index is 0.240. The molecule has 0 fully saturated rings. The average Bonchev–Trinajstić information content (AvgIpc) is 2.78. The Labute approximate surface area is 102 Å². The van der Waals surface area contributed by atoms with Crippen molar-refractivity contribution < 1.29 is 9.84 Å². The Morgan fingerprint density at radius 1 is 1.56 bits per heavy atom. The highest BCUT2D eigenvalue weighted by molar-refractivity contribution is 7.07. The van der Waals surface area contributed by atoms with Gasteiger partial charge in [-0.15, -0.1) is 0 Å². The number of aliphatic hydroxyl groups is 1. The summed E-state index contributed by atoms with van der Waals surface area (Å²) in [4.78, 5) is 2.24. The van der Waals surface area contributed by atoms with E-state index in [0.717, 1.165) is 26.1 Å². The van der Waals surface area contributed by atoms with E-state index in [1.807, 2.05) is 6.92 Å². The Kier molecular flexibility index (Phi) is 6.64. The second-order valence-corrected chi connectivity index (χ2v) is 4.70. The van der Waals surface area contributed by atoms with E-state index in [-0.39, 0.29) is 6.10 Å². The third-order valence-electron chi connectivity index (χ3n) is 2.54. The second kappa shape index (κ2) is 7.79. The predicted octanol–water partition coefficient (Wildman–Crippen LogP) is 1.97. The first-order chi connectivity index (χ1) is 7.76. The highest BCUT2D eigenvalue weighted by Crippen LogP contribution is 2.10. The summed E-state index contributed by atoms with van der Waals surface area (Å²) in [6.07, 6.45) is 0.558. The van der Waals surface area contributed by atoms with Gasteiger partial charge in [-0.2, -0.15) is 11.3 Å². The summed E-state index contributed by atoms with van der Waals surface area (Å²) in [5.74, 6) is 0. The van der Waals surface area contributed by atoms with E-state index >= 15 is 0 Å². The highest BCUT2D eigenvalue weighted by atomic mass is 32.1. The molecule has 0 spiro atoms. The van der Waals surface area contributed by atoms with Crippen LogP contribution >= 0.6 is 11.3 Å². The molecule has 1 heterocycles. The fourth-order valence-electron chi connectivity index (χ4n) is 1.52. The molecule has 1 aromatic rings. The van der Waals surface area contributed by atoms with Gasteiger partial charge < -0.3 is 9.84 Å². The summed E-state index contributed by atoms with van der Waals surface area (Å²) in [6, 6.07) is 2.13. The first-order valence-electron chi connectivity index (χ1n) is 5.66. The molecule has 1 N–H and O–H groups in total. The van der Waals surface area contributed by atoms with Gasteiger partial charge in [-0.3, -0.25) is 4.90 Å². The summed E-state index contributed by atoms with van der Waals surface area (Å²) < 4.78 is 5.09. The van der Waals surface area contributed by atoms with E-state index in [9.17, 15) is 5.11 Å². The van der Waals surface area contributed by atoms with Crippen molar-refractivity contribution in [3.05, 3.63) is 22.4 Å². The van der Waals surface area contributed by atoms with Gasteiger partial charge in [0.05, 0.1) is 12.7 Å². The zero-order valence-electron chi connectivity index (χ0n) is 10.1. The lowest BCUT2D eigenvalue weighted by Gasteiger charge is -2.23. The maximum absolute atomic E-state index is 9.68. The summed E-state index contributed by atoms with van der Waals surface area (Å²) >= 11 is 1.71. The van der Waals surface area contributed by atoms with Crippen molar-refractivity contribution in [1.29, 1.82) is 0 Å². The van der Waals surface area contributed by atoms with Crippen LogP contribution < -0.4 is 0 Å². The molecule has 1 aromatic heterocycles. The first-order valence-corrected chi connectivity index (χ1v) is 6.61. The Morgan fingerprint density at radius 3 is 2.94 bits per heavy atom. The number of thiophene rings is 1. The van der Waals surface area contributed by atoms with Gasteiger partial charge in [0.15, 0.2) is 0 Å². The molecule has 0 unspecified atom stereocenters. The molecule has 92 valence electrons. The molecule has 0 aromatic carbocycles. The molecule has 0 radical (unpaired) electrons. The van der Waals surface area contributed by atoms with Crippen molar-refractivity contribution in [2.24, 2.45) is 0 Å². The van der Waals surface area contributed by atoms with Crippen LogP contribution in [0.2, 0.25) is 0 Å². The van der Waals surface area contributed by atoms with Gasteiger partial charge in [-0.1, -0.05) is 6.92 Å². The van der Waals surface area contributed by atoms with Crippen molar-refractivity contribution >= 4 is 11.3 Å². The predicted molar refractivity (Wildman–Crippen MR) is 67.8 cm³/mol. The number of hydrogen-bond acceptors (Lipinski definition) is 4. The highest BCUT2D eigenvalue weighted by Gasteiger charge is 2.10. The van der Waals surface area contributed by atoms with Crippen LogP contribution in [0.15, 0.2) is 16.8 Å². The van der Waals surface area contributed by atoms with Crippen LogP contribution in [-0.4, -0.2) is 42.9 Å². The molecule has 0 aliphatic rings. The molecule has 1 rings (SSSR count). The van der Waals surface area contributed by atoms with Gasteiger partial charge in [-0.05, 0) is 28.8 Å². The Balaban J connectivity index is 2.43. The van der Waals surface area contributed by atoms with Crippen molar-refractivity contribution in [3.8, 4) is 0 Å². The summed E-state index contributed by atoms with van der Waals surface area (Å²) in [5, 5.41) is 13.9. The summed E-state index contributed by atoms with van der Waals surface area (Å²) in [6.45, 7) is 5.19. The second-order valence-electron chi connectivity index (χ2n) is 3.92. The summed E-state index contributed by atoms with van der Waals surface area (Å²) in [5.41, 5.74) is 1.31. The number of rotatable bonds is 8. The van der Waals surface area contributed by atoms with E-state index in [1.165, 1.54) is 5.56 Å². The minimum atomic E-state index is -0.240. The van der Waals surface area contributed by atoms with E-state index in [1.54, 1.807) is 18.4 Å². The molecule has 4 heteroatoms. The van der Waals surface area contributed by atoms with E-state index in [0.29, 0.717) is 6.61 Å². The Morgan fingerprint density at radius 2 is 2.38 bits per heavy atom. The fourth-order valence-corrected chi connectivity index (χ4v) is 2.18. The van der Waals surface area contributed by atoms with Crippen LogP contribution in [0.25, 0.3) is 0 Å². The molecule has 0 aliphatic heterocycles. The van der Waals surface area contributed by atoms with Crippen LogP contribution in [0.4, 0.5) is 0 Å². The number of hydrogen-bond donors (Lipinski definition) is 1. The van der Waals surface area contributed by atoms with Gasteiger partial charge in [0, 0.05) is 26.7 Å². The molecule has 0 amide bonds. The molecule has 3 nitrogen and oxygen atoms in total. The first kappa shape index (κ1) is 13.6. The van der Waals surface area contributed by atoms with Gasteiger partial charge in [0.1, 0.15) is 0 Å². The lowest BCUT2D eigenvalue weighted by atomic mass is 10.2. The maximum atomic E-state index is 9.68. The zero-order chi connectivity index (χ0) is 11.8.